The number of nitrogens with zero attached hydrogens (tertiary/aromatic N) is 2. The van der Waals surface area contributed by atoms with Crippen LogP contribution in [0.2, 0.25) is 0 Å². The Kier molecular flexibility index (Phi) is 6.35. The number of thioether (sulfide) groups is 1. The maximum atomic E-state index is 12.7. The molecule has 1 heterocycles. The standard InChI is InChI=1S/C18H23N3O4S3/c1-20-11-13-21(14-12-20)28(24,25)18-7-3-15(4-8-18)19-27(22,23)17-9-5-16(26-2)6-10-17/h3-10,19H,11-14H2,1-2H3. The van der Waals surface area contributed by atoms with E-state index in [0.29, 0.717) is 31.9 Å². The van der Waals surface area contributed by atoms with Crippen LogP contribution in [0.1, 0.15) is 0 Å². The molecule has 0 unspecified atom stereocenters. The van der Waals surface area contributed by atoms with E-state index in [4.69, 9.17) is 0 Å². The van der Waals surface area contributed by atoms with Crippen LogP contribution in [0.25, 0.3) is 0 Å². The van der Waals surface area contributed by atoms with Gasteiger partial charge in [-0.1, -0.05) is 0 Å². The summed E-state index contributed by atoms with van der Waals surface area (Å²) < 4.78 is 54.4. The quantitative estimate of drug-likeness (QED) is 0.691. The summed E-state index contributed by atoms with van der Waals surface area (Å²) in [7, 11) is -5.36. The third-order valence-electron chi connectivity index (χ3n) is 4.58. The van der Waals surface area contributed by atoms with E-state index in [1.807, 2.05) is 13.3 Å². The molecule has 1 aliphatic heterocycles. The molecule has 1 saturated heterocycles. The second-order valence-corrected chi connectivity index (χ2v) is 11.0. The second-order valence-electron chi connectivity index (χ2n) is 6.51. The third-order valence-corrected chi connectivity index (χ3v) is 8.63. The van der Waals surface area contributed by atoms with Crippen molar-refractivity contribution in [3.8, 4) is 0 Å². The Morgan fingerprint density at radius 2 is 1.36 bits per heavy atom. The van der Waals surface area contributed by atoms with Gasteiger partial charge in [0.25, 0.3) is 10.0 Å². The summed E-state index contributed by atoms with van der Waals surface area (Å²) >= 11 is 1.53. The zero-order valence-electron chi connectivity index (χ0n) is 15.7. The van der Waals surface area contributed by atoms with Crippen LogP contribution in [-0.2, 0) is 20.0 Å². The zero-order chi connectivity index (χ0) is 20.4. The van der Waals surface area contributed by atoms with Crippen molar-refractivity contribution in [1.29, 1.82) is 0 Å². The lowest BCUT2D eigenvalue weighted by Gasteiger charge is -2.31. The summed E-state index contributed by atoms with van der Waals surface area (Å²) in [5, 5.41) is 0. The molecule has 3 rings (SSSR count). The van der Waals surface area contributed by atoms with E-state index in [9.17, 15) is 16.8 Å². The second kappa shape index (κ2) is 8.42. The van der Waals surface area contributed by atoms with Gasteiger partial charge in [0.15, 0.2) is 0 Å². The molecule has 0 atom stereocenters. The fourth-order valence-corrected chi connectivity index (χ4v) is 5.73. The highest BCUT2D eigenvalue weighted by molar-refractivity contribution is 7.98. The summed E-state index contributed by atoms with van der Waals surface area (Å²) in [5.74, 6) is 0. The van der Waals surface area contributed by atoms with Gasteiger partial charge in [0, 0.05) is 36.8 Å². The van der Waals surface area contributed by atoms with E-state index in [1.165, 1.54) is 40.3 Å². The number of hydrogen-bond donors (Lipinski definition) is 1. The predicted molar refractivity (Wildman–Crippen MR) is 112 cm³/mol. The largest absolute Gasteiger partial charge is 0.304 e. The van der Waals surface area contributed by atoms with Gasteiger partial charge in [-0.05, 0) is 61.8 Å². The number of benzene rings is 2. The summed E-state index contributed by atoms with van der Waals surface area (Å²) in [6.45, 7) is 2.26. The van der Waals surface area contributed by atoms with Crippen LogP contribution >= 0.6 is 11.8 Å². The minimum absolute atomic E-state index is 0.152. The molecule has 1 aliphatic rings. The van der Waals surface area contributed by atoms with Crippen molar-refractivity contribution in [1.82, 2.24) is 9.21 Å². The van der Waals surface area contributed by atoms with Crippen LogP contribution in [0.15, 0.2) is 63.2 Å². The Morgan fingerprint density at radius 1 is 0.821 bits per heavy atom. The number of rotatable bonds is 6. The lowest BCUT2D eigenvalue weighted by molar-refractivity contribution is 0.222. The number of piperazine rings is 1. The average Bonchev–Trinajstić information content (AvgIpc) is 2.68. The molecule has 152 valence electrons. The summed E-state index contributed by atoms with van der Waals surface area (Å²) in [4.78, 5) is 3.36. The first-order valence-electron chi connectivity index (χ1n) is 8.68. The van der Waals surface area contributed by atoms with E-state index in [-0.39, 0.29) is 9.79 Å². The molecule has 28 heavy (non-hydrogen) atoms. The Labute approximate surface area is 170 Å². The molecular formula is C18H23N3O4S3. The topological polar surface area (TPSA) is 86.8 Å². The minimum atomic E-state index is -3.74. The summed E-state index contributed by atoms with van der Waals surface area (Å²) in [6.07, 6.45) is 1.92. The normalized spacial score (nSPS) is 16.8. The highest BCUT2D eigenvalue weighted by atomic mass is 32.2. The smallest absolute Gasteiger partial charge is 0.261 e. The van der Waals surface area contributed by atoms with Crippen molar-refractivity contribution in [2.45, 2.75) is 14.7 Å². The van der Waals surface area contributed by atoms with Crippen LogP contribution < -0.4 is 4.72 Å². The number of hydrogen-bond acceptors (Lipinski definition) is 6. The van der Waals surface area contributed by atoms with E-state index in [2.05, 4.69) is 9.62 Å². The van der Waals surface area contributed by atoms with Crippen molar-refractivity contribution in [2.24, 2.45) is 0 Å². The molecule has 0 amide bonds. The van der Waals surface area contributed by atoms with E-state index >= 15 is 0 Å². The van der Waals surface area contributed by atoms with E-state index in [0.717, 1.165) is 4.90 Å². The number of nitrogens with one attached hydrogen (secondary N) is 1. The molecule has 10 heteroatoms. The number of anilines is 1. The Bertz CT molecular complexity index is 1010. The molecule has 1 N–H and O–H groups in total. The van der Waals surface area contributed by atoms with Gasteiger partial charge in [0.1, 0.15) is 0 Å². The van der Waals surface area contributed by atoms with Crippen LogP contribution in [0.4, 0.5) is 5.69 Å². The van der Waals surface area contributed by atoms with Crippen molar-refractivity contribution >= 4 is 37.5 Å². The molecule has 0 radical (unpaired) electrons. The van der Waals surface area contributed by atoms with Crippen LogP contribution in [0, 0.1) is 0 Å². The Morgan fingerprint density at radius 3 is 1.89 bits per heavy atom. The predicted octanol–water partition coefficient (Wildman–Crippen LogP) is 2.15. The molecule has 0 bridgehead atoms. The van der Waals surface area contributed by atoms with Crippen molar-refractivity contribution in [3.05, 3.63) is 48.5 Å². The lowest BCUT2D eigenvalue weighted by atomic mass is 10.3. The van der Waals surface area contributed by atoms with E-state index < -0.39 is 20.0 Å². The van der Waals surface area contributed by atoms with Gasteiger partial charge in [-0.2, -0.15) is 4.31 Å². The average molecular weight is 442 g/mol. The van der Waals surface area contributed by atoms with Gasteiger partial charge >= 0.3 is 0 Å². The Balaban J connectivity index is 1.75. The van der Waals surface area contributed by atoms with Crippen molar-refractivity contribution in [3.63, 3.8) is 0 Å². The zero-order valence-corrected chi connectivity index (χ0v) is 18.1. The van der Waals surface area contributed by atoms with Gasteiger partial charge in [-0.3, -0.25) is 4.72 Å². The summed E-state index contributed by atoms with van der Waals surface area (Å²) in [5.41, 5.74) is 0.311. The van der Waals surface area contributed by atoms with Crippen LogP contribution in [0.3, 0.4) is 0 Å². The van der Waals surface area contributed by atoms with Crippen LogP contribution in [0.5, 0.6) is 0 Å². The maximum Gasteiger partial charge on any atom is 0.261 e. The molecule has 0 aliphatic carbocycles. The highest BCUT2D eigenvalue weighted by Crippen LogP contribution is 2.23. The molecule has 0 aromatic heterocycles. The van der Waals surface area contributed by atoms with Crippen molar-refractivity contribution < 1.29 is 16.8 Å². The SMILES string of the molecule is CSc1ccc(S(=O)(=O)Nc2ccc(S(=O)(=O)N3CCN(C)CC3)cc2)cc1. The molecule has 2 aromatic rings. The maximum absolute atomic E-state index is 12.7. The molecule has 7 nitrogen and oxygen atoms in total. The highest BCUT2D eigenvalue weighted by Gasteiger charge is 2.27. The monoisotopic (exact) mass is 441 g/mol. The first-order valence-corrected chi connectivity index (χ1v) is 12.8. The molecule has 0 spiro atoms. The first-order chi connectivity index (χ1) is 13.2. The minimum Gasteiger partial charge on any atom is -0.304 e. The van der Waals surface area contributed by atoms with Crippen molar-refractivity contribution in [2.75, 3.05) is 44.2 Å². The van der Waals surface area contributed by atoms with Gasteiger partial charge in [-0.25, -0.2) is 16.8 Å². The molecule has 2 aromatic carbocycles. The molecule has 0 saturated carbocycles. The third kappa shape index (κ3) is 4.69. The Hall–Kier alpha value is -1.59. The molecule has 1 fully saturated rings. The number of likely N-dealkylation sites (N-methyl/N-ethyl adjacent to an activating group) is 1. The van der Waals surface area contributed by atoms with Gasteiger partial charge in [0.05, 0.1) is 9.79 Å². The van der Waals surface area contributed by atoms with Gasteiger partial charge in [-0.15, -0.1) is 11.8 Å². The molecular weight excluding hydrogens is 418 g/mol. The fourth-order valence-electron chi connectivity index (χ4n) is 2.84. The van der Waals surface area contributed by atoms with Crippen LogP contribution in [-0.4, -0.2) is 65.5 Å². The van der Waals surface area contributed by atoms with Gasteiger partial charge in [0.2, 0.25) is 10.0 Å². The lowest BCUT2D eigenvalue weighted by Crippen LogP contribution is -2.46. The summed E-state index contributed by atoms with van der Waals surface area (Å²) in [6, 6.07) is 12.4. The number of sulfonamides is 2. The van der Waals surface area contributed by atoms with Gasteiger partial charge < -0.3 is 4.90 Å². The van der Waals surface area contributed by atoms with E-state index in [1.54, 1.807) is 24.3 Å². The first kappa shape index (κ1) is 21.1. The fraction of sp³-hybridized carbons (Fsp3) is 0.333.